The van der Waals surface area contributed by atoms with Gasteiger partial charge in [-0.2, -0.15) is 0 Å². The highest BCUT2D eigenvalue weighted by Crippen LogP contribution is 2.26. The lowest BCUT2D eigenvalue weighted by atomic mass is 10.2. The molecule has 8 nitrogen and oxygen atoms in total. The summed E-state index contributed by atoms with van der Waals surface area (Å²) in [5.74, 6) is 0.570. The summed E-state index contributed by atoms with van der Waals surface area (Å²) in [5.41, 5.74) is 2.40. The number of aromatic nitrogens is 2. The molecular formula is C21H19N3O5. The number of ether oxygens (including phenoxy) is 2. The molecule has 4 rings (SSSR count). The third kappa shape index (κ3) is 4.11. The van der Waals surface area contributed by atoms with E-state index in [9.17, 15) is 9.59 Å². The van der Waals surface area contributed by atoms with Crippen LogP contribution in [0.25, 0.3) is 11.5 Å². The van der Waals surface area contributed by atoms with Gasteiger partial charge in [0, 0.05) is 24.7 Å². The number of pyridine rings is 1. The molecule has 0 N–H and O–H groups in total. The summed E-state index contributed by atoms with van der Waals surface area (Å²) in [6.07, 6.45) is 1.65. The highest BCUT2D eigenvalue weighted by Gasteiger charge is 2.27. The summed E-state index contributed by atoms with van der Waals surface area (Å²) in [6, 6.07) is 12.8. The molecule has 1 aliphatic rings. The topological polar surface area (TPSA) is 94.8 Å². The Morgan fingerprint density at radius 3 is 2.83 bits per heavy atom. The van der Waals surface area contributed by atoms with Gasteiger partial charge in [-0.25, -0.2) is 19.6 Å². The van der Waals surface area contributed by atoms with Gasteiger partial charge in [-0.1, -0.05) is 30.3 Å². The molecule has 3 aromatic rings. The van der Waals surface area contributed by atoms with Crippen LogP contribution in [-0.2, 0) is 29.0 Å². The summed E-state index contributed by atoms with van der Waals surface area (Å²) in [4.78, 5) is 34.2. The van der Waals surface area contributed by atoms with Crippen LogP contribution in [0.2, 0.25) is 0 Å². The number of amides is 1. The van der Waals surface area contributed by atoms with Crippen LogP contribution in [0.5, 0.6) is 0 Å². The van der Waals surface area contributed by atoms with E-state index in [4.69, 9.17) is 13.9 Å². The van der Waals surface area contributed by atoms with E-state index in [1.54, 1.807) is 17.0 Å². The Kier molecular flexibility index (Phi) is 5.24. The van der Waals surface area contributed by atoms with Crippen molar-refractivity contribution in [2.45, 2.75) is 19.6 Å². The molecule has 3 heterocycles. The van der Waals surface area contributed by atoms with Gasteiger partial charge in [-0.15, -0.1) is 0 Å². The first-order valence-electron chi connectivity index (χ1n) is 9.13. The molecule has 2 aromatic heterocycles. The average Bonchev–Trinajstić information content (AvgIpc) is 3.21. The minimum atomic E-state index is -0.532. The normalized spacial score (nSPS) is 12.9. The average molecular weight is 393 g/mol. The third-order valence-corrected chi connectivity index (χ3v) is 4.59. The van der Waals surface area contributed by atoms with Gasteiger partial charge in [0.15, 0.2) is 0 Å². The van der Waals surface area contributed by atoms with E-state index in [-0.39, 0.29) is 18.4 Å². The van der Waals surface area contributed by atoms with Crippen LogP contribution in [-0.4, -0.2) is 40.6 Å². The third-order valence-electron chi connectivity index (χ3n) is 4.59. The number of nitrogens with zero attached hydrogens (tertiary/aromatic N) is 3. The van der Waals surface area contributed by atoms with E-state index >= 15 is 0 Å². The fourth-order valence-electron chi connectivity index (χ4n) is 3.07. The van der Waals surface area contributed by atoms with E-state index in [1.165, 1.54) is 13.3 Å². The molecule has 0 atom stereocenters. The zero-order valence-corrected chi connectivity index (χ0v) is 15.8. The van der Waals surface area contributed by atoms with E-state index in [2.05, 4.69) is 9.97 Å². The van der Waals surface area contributed by atoms with Crippen molar-refractivity contribution in [3.05, 3.63) is 71.4 Å². The Morgan fingerprint density at radius 1 is 1.21 bits per heavy atom. The fourth-order valence-corrected chi connectivity index (χ4v) is 3.07. The van der Waals surface area contributed by atoms with Gasteiger partial charge in [-0.05, 0) is 17.7 Å². The van der Waals surface area contributed by atoms with E-state index < -0.39 is 5.97 Å². The second-order valence-electron chi connectivity index (χ2n) is 6.52. The van der Waals surface area contributed by atoms with Crippen LogP contribution in [0.1, 0.15) is 27.5 Å². The molecule has 1 aliphatic heterocycles. The number of hydrogen-bond acceptors (Lipinski definition) is 7. The van der Waals surface area contributed by atoms with Crippen LogP contribution in [0, 0.1) is 0 Å². The minimum Gasteiger partial charge on any atom is -0.464 e. The second kappa shape index (κ2) is 8.14. The molecule has 0 saturated heterocycles. The van der Waals surface area contributed by atoms with Gasteiger partial charge in [0.25, 0.3) is 0 Å². The maximum absolute atomic E-state index is 12.4. The molecule has 0 radical (unpaired) electrons. The van der Waals surface area contributed by atoms with Gasteiger partial charge >= 0.3 is 12.1 Å². The van der Waals surface area contributed by atoms with Crippen LogP contribution in [0.4, 0.5) is 4.79 Å². The molecule has 29 heavy (non-hydrogen) atoms. The molecule has 0 spiro atoms. The number of rotatable bonds is 4. The van der Waals surface area contributed by atoms with Crippen molar-refractivity contribution in [2.75, 3.05) is 13.7 Å². The van der Waals surface area contributed by atoms with Crippen molar-refractivity contribution >= 4 is 12.1 Å². The Morgan fingerprint density at radius 2 is 2.03 bits per heavy atom. The predicted octanol–water partition coefficient (Wildman–Crippen LogP) is 3.22. The van der Waals surface area contributed by atoms with E-state index in [0.717, 1.165) is 11.3 Å². The van der Waals surface area contributed by atoms with Crippen LogP contribution in [0.15, 0.2) is 53.1 Å². The Bertz CT molecular complexity index is 1030. The van der Waals surface area contributed by atoms with Crippen LogP contribution in [0.3, 0.4) is 0 Å². The molecule has 1 aromatic carbocycles. The molecule has 0 fully saturated rings. The summed E-state index contributed by atoms with van der Waals surface area (Å²) >= 11 is 0. The fraction of sp³-hybridized carbons (Fsp3) is 0.238. The highest BCUT2D eigenvalue weighted by atomic mass is 16.6. The largest absolute Gasteiger partial charge is 0.464 e. The molecule has 0 aliphatic carbocycles. The van der Waals surface area contributed by atoms with Gasteiger partial charge in [0.05, 0.1) is 13.7 Å². The monoisotopic (exact) mass is 393 g/mol. The quantitative estimate of drug-likeness (QED) is 0.628. The van der Waals surface area contributed by atoms with Crippen molar-refractivity contribution in [3.8, 4) is 11.5 Å². The number of benzene rings is 1. The van der Waals surface area contributed by atoms with Gasteiger partial charge < -0.3 is 18.8 Å². The summed E-state index contributed by atoms with van der Waals surface area (Å²) in [7, 11) is 1.30. The lowest BCUT2D eigenvalue weighted by Crippen LogP contribution is -2.36. The van der Waals surface area contributed by atoms with E-state index in [1.807, 2.05) is 30.3 Å². The van der Waals surface area contributed by atoms with Gasteiger partial charge in [0.1, 0.15) is 23.8 Å². The Labute approximate surface area is 167 Å². The SMILES string of the molecule is COC(=O)c1cc(-c2nc3c(o2)CCN(C(=O)OCc2ccccc2)C3)ccn1. The van der Waals surface area contributed by atoms with Gasteiger partial charge in [0.2, 0.25) is 5.89 Å². The number of methoxy groups -OCH3 is 1. The summed E-state index contributed by atoms with van der Waals surface area (Å²) < 4.78 is 15.9. The number of carbonyl (C=O) groups excluding carboxylic acids is 2. The van der Waals surface area contributed by atoms with Crippen molar-refractivity contribution < 1.29 is 23.5 Å². The van der Waals surface area contributed by atoms with Crippen molar-refractivity contribution in [1.82, 2.24) is 14.9 Å². The zero-order valence-electron chi connectivity index (χ0n) is 15.8. The number of fused-ring (bicyclic) bond motifs is 1. The second-order valence-corrected chi connectivity index (χ2v) is 6.52. The molecule has 0 saturated carbocycles. The highest BCUT2D eigenvalue weighted by molar-refractivity contribution is 5.88. The summed E-state index contributed by atoms with van der Waals surface area (Å²) in [6.45, 7) is 1.01. The number of esters is 1. The van der Waals surface area contributed by atoms with E-state index in [0.29, 0.717) is 36.7 Å². The number of carbonyl (C=O) groups is 2. The molecular weight excluding hydrogens is 374 g/mol. The molecule has 0 bridgehead atoms. The number of hydrogen-bond donors (Lipinski definition) is 0. The Balaban J connectivity index is 1.45. The Hall–Kier alpha value is -3.68. The lowest BCUT2D eigenvalue weighted by Gasteiger charge is -2.24. The maximum Gasteiger partial charge on any atom is 0.410 e. The van der Waals surface area contributed by atoms with Crippen LogP contribution >= 0.6 is 0 Å². The van der Waals surface area contributed by atoms with Crippen molar-refractivity contribution in [1.29, 1.82) is 0 Å². The van der Waals surface area contributed by atoms with Gasteiger partial charge in [-0.3, -0.25) is 0 Å². The van der Waals surface area contributed by atoms with Crippen molar-refractivity contribution in [3.63, 3.8) is 0 Å². The van der Waals surface area contributed by atoms with Crippen molar-refractivity contribution in [2.24, 2.45) is 0 Å². The smallest absolute Gasteiger partial charge is 0.410 e. The lowest BCUT2D eigenvalue weighted by molar-refractivity contribution is 0.0594. The predicted molar refractivity (Wildman–Crippen MR) is 102 cm³/mol. The first-order valence-corrected chi connectivity index (χ1v) is 9.13. The number of oxazole rings is 1. The minimum absolute atomic E-state index is 0.173. The zero-order chi connectivity index (χ0) is 20.2. The molecule has 8 heteroatoms. The van der Waals surface area contributed by atoms with Crippen LogP contribution < -0.4 is 0 Å². The standard InChI is InChI=1S/C21H19N3O5/c1-27-20(25)16-11-15(7-9-22-16)19-23-17-12-24(10-8-18(17)29-19)21(26)28-13-14-5-3-2-4-6-14/h2-7,9,11H,8,10,12-13H2,1H3. The first-order chi connectivity index (χ1) is 14.1. The summed E-state index contributed by atoms with van der Waals surface area (Å²) in [5, 5.41) is 0. The molecule has 0 unspecified atom stereocenters. The first kappa shape index (κ1) is 18.7. The molecule has 148 valence electrons. The molecule has 1 amide bonds. The maximum atomic E-state index is 12.4.